The molecule has 8 heteroatoms. The lowest BCUT2D eigenvalue weighted by Gasteiger charge is -2.27. The molecule has 0 aliphatic heterocycles. The summed E-state index contributed by atoms with van der Waals surface area (Å²) in [6.07, 6.45) is 18.1. The minimum atomic E-state index is 0.248. The Hall–Kier alpha value is -3.00. The smallest absolute Gasteiger partial charge is 0.238 e. The van der Waals surface area contributed by atoms with E-state index >= 15 is 0 Å². The maximum absolute atomic E-state index is 5.56. The van der Waals surface area contributed by atoms with Crippen molar-refractivity contribution >= 4 is 17.2 Å². The summed E-state index contributed by atoms with van der Waals surface area (Å²) in [7, 11) is 4.38. The predicted octanol–water partition coefficient (Wildman–Crippen LogP) is 2.90. The number of imidazole rings is 1. The monoisotopic (exact) mass is 378 g/mol. The van der Waals surface area contributed by atoms with Crippen LogP contribution in [0.4, 0.5) is 5.95 Å². The van der Waals surface area contributed by atoms with Crippen LogP contribution in [0.5, 0.6) is 0 Å². The number of anilines is 1. The largest absolute Gasteiger partial charge is 0.367 e. The molecule has 0 atom stereocenters. The van der Waals surface area contributed by atoms with Crippen molar-refractivity contribution in [2.24, 2.45) is 0 Å². The lowest BCUT2D eigenvalue weighted by atomic mass is 9.95. The Balaban J connectivity index is 0.000000181. The first kappa shape index (κ1) is 18.4. The number of fused-ring (bicyclic) bond motifs is 2. The number of rotatable bonds is 2. The maximum Gasteiger partial charge on any atom is 0.238 e. The quantitative estimate of drug-likeness (QED) is 0.577. The van der Waals surface area contributed by atoms with Gasteiger partial charge in [0, 0.05) is 48.2 Å². The summed E-state index contributed by atoms with van der Waals surface area (Å²) in [5.41, 5.74) is 8.43. The standard InChI is InChI=1S/C12H9N7.C8H17N/c13-11-15-6-10-9(1-3-19(10)17-11)8-5-16-12-14-2-4-18(12)7-8;1-9(2)8-6-4-3-5-7-8/h1-7H,(H2,13,17);8H,3-7H2,1-2H3. The van der Waals surface area contributed by atoms with Gasteiger partial charge in [0.1, 0.15) is 0 Å². The molecule has 8 nitrogen and oxygen atoms in total. The highest BCUT2D eigenvalue weighted by Gasteiger charge is 2.14. The third kappa shape index (κ3) is 3.82. The highest BCUT2D eigenvalue weighted by molar-refractivity contribution is 5.79. The fraction of sp³-hybridized carbons (Fsp3) is 0.400. The number of nitrogens with two attached hydrogens (primary N) is 1. The zero-order chi connectivity index (χ0) is 19.5. The Labute approximate surface area is 164 Å². The lowest BCUT2D eigenvalue weighted by Crippen LogP contribution is -2.29. The van der Waals surface area contributed by atoms with Gasteiger partial charge >= 0.3 is 0 Å². The van der Waals surface area contributed by atoms with E-state index in [2.05, 4.69) is 39.0 Å². The van der Waals surface area contributed by atoms with E-state index in [0.29, 0.717) is 5.78 Å². The van der Waals surface area contributed by atoms with Crippen LogP contribution in [0.15, 0.2) is 43.2 Å². The zero-order valence-corrected chi connectivity index (χ0v) is 16.4. The molecule has 4 aromatic heterocycles. The molecule has 146 valence electrons. The molecule has 1 aliphatic carbocycles. The average molecular weight is 378 g/mol. The molecule has 4 aromatic rings. The molecular weight excluding hydrogens is 352 g/mol. The highest BCUT2D eigenvalue weighted by Crippen LogP contribution is 2.24. The van der Waals surface area contributed by atoms with Gasteiger partial charge in [-0.2, -0.15) is 0 Å². The van der Waals surface area contributed by atoms with Crippen molar-refractivity contribution in [3.05, 3.63) is 43.2 Å². The van der Waals surface area contributed by atoms with E-state index < -0.39 is 0 Å². The molecule has 1 aliphatic rings. The van der Waals surface area contributed by atoms with Crippen LogP contribution in [-0.2, 0) is 0 Å². The molecular formula is C20H26N8. The molecule has 5 rings (SSSR count). The summed E-state index contributed by atoms with van der Waals surface area (Å²) in [4.78, 5) is 14.8. The van der Waals surface area contributed by atoms with Crippen molar-refractivity contribution in [1.29, 1.82) is 0 Å². The second-order valence-electron chi connectivity index (χ2n) is 7.41. The SMILES string of the molecule is CN(C)C1CCCCC1.Nc1ncc2c(-c3cnc4nccn4c3)ccn2n1. The van der Waals surface area contributed by atoms with Crippen LogP contribution < -0.4 is 5.73 Å². The van der Waals surface area contributed by atoms with Crippen LogP contribution in [0.3, 0.4) is 0 Å². The summed E-state index contributed by atoms with van der Waals surface area (Å²) in [6, 6.07) is 2.85. The molecule has 2 N–H and O–H groups in total. The van der Waals surface area contributed by atoms with Crippen LogP contribution >= 0.6 is 0 Å². The first-order chi connectivity index (χ1) is 13.6. The Bertz CT molecular complexity index is 1060. The van der Waals surface area contributed by atoms with Crippen molar-refractivity contribution in [3.63, 3.8) is 0 Å². The van der Waals surface area contributed by atoms with Gasteiger partial charge in [-0.15, -0.1) is 5.10 Å². The van der Waals surface area contributed by atoms with Gasteiger partial charge in [0.15, 0.2) is 0 Å². The van der Waals surface area contributed by atoms with Crippen molar-refractivity contribution in [1.82, 2.24) is 33.9 Å². The van der Waals surface area contributed by atoms with Gasteiger partial charge in [0.2, 0.25) is 11.7 Å². The molecule has 0 saturated heterocycles. The number of nitrogens with zero attached hydrogens (tertiary/aromatic N) is 7. The first-order valence-corrected chi connectivity index (χ1v) is 9.67. The van der Waals surface area contributed by atoms with Gasteiger partial charge in [0.25, 0.3) is 0 Å². The van der Waals surface area contributed by atoms with Crippen LogP contribution in [0.25, 0.3) is 22.4 Å². The van der Waals surface area contributed by atoms with E-state index in [9.17, 15) is 0 Å². The second-order valence-corrected chi connectivity index (χ2v) is 7.41. The average Bonchev–Trinajstić information content (AvgIpc) is 3.34. The van der Waals surface area contributed by atoms with E-state index in [1.807, 2.05) is 29.1 Å². The van der Waals surface area contributed by atoms with Crippen molar-refractivity contribution in [2.45, 2.75) is 38.1 Å². The Morgan fingerprint density at radius 3 is 2.61 bits per heavy atom. The number of nitrogen functional groups attached to an aromatic ring is 1. The zero-order valence-electron chi connectivity index (χ0n) is 16.4. The minimum absolute atomic E-state index is 0.248. The van der Waals surface area contributed by atoms with Gasteiger partial charge in [-0.25, -0.2) is 19.5 Å². The van der Waals surface area contributed by atoms with E-state index in [-0.39, 0.29) is 5.95 Å². The molecule has 0 bridgehead atoms. The van der Waals surface area contributed by atoms with Crippen LogP contribution in [0.2, 0.25) is 0 Å². The molecule has 28 heavy (non-hydrogen) atoms. The number of hydrogen-bond donors (Lipinski definition) is 1. The van der Waals surface area contributed by atoms with Crippen LogP contribution in [0.1, 0.15) is 32.1 Å². The molecule has 0 amide bonds. The fourth-order valence-corrected chi connectivity index (χ4v) is 3.71. The van der Waals surface area contributed by atoms with Gasteiger partial charge in [0.05, 0.1) is 11.7 Å². The molecule has 1 saturated carbocycles. The second kappa shape index (κ2) is 7.93. The van der Waals surface area contributed by atoms with Gasteiger partial charge in [-0.05, 0) is 33.0 Å². The summed E-state index contributed by atoms with van der Waals surface area (Å²) in [5.74, 6) is 0.922. The normalized spacial score (nSPS) is 15.1. The highest BCUT2D eigenvalue weighted by atomic mass is 15.3. The minimum Gasteiger partial charge on any atom is -0.367 e. The molecule has 0 radical (unpaired) electrons. The van der Waals surface area contributed by atoms with Gasteiger partial charge in [-0.3, -0.25) is 4.40 Å². The molecule has 4 heterocycles. The molecule has 0 spiro atoms. The third-order valence-electron chi connectivity index (χ3n) is 5.30. The van der Waals surface area contributed by atoms with E-state index in [4.69, 9.17) is 5.73 Å². The summed E-state index contributed by atoms with van der Waals surface area (Å²) in [6.45, 7) is 0. The first-order valence-electron chi connectivity index (χ1n) is 9.67. The molecule has 1 fully saturated rings. The fourth-order valence-electron chi connectivity index (χ4n) is 3.71. The van der Waals surface area contributed by atoms with Crippen LogP contribution in [-0.4, -0.2) is 54.0 Å². The van der Waals surface area contributed by atoms with Crippen molar-refractivity contribution in [2.75, 3.05) is 19.8 Å². The third-order valence-corrected chi connectivity index (χ3v) is 5.30. The molecule has 0 unspecified atom stereocenters. The Morgan fingerprint density at radius 1 is 1.04 bits per heavy atom. The molecule has 0 aromatic carbocycles. The summed E-state index contributed by atoms with van der Waals surface area (Å²) < 4.78 is 3.58. The topological polar surface area (TPSA) is 89.6 Å². The summed E-state index contributed by atoms with van der Waals surface area (Å²) >= 11 is 0. The Kier molecular flexibility index (Phi) is 5.21. The number of hydrogen-bond acceptors (Lipinski definition) is 6. The predicted molar refractivity (Wildman–Crippen MR) is 110 cm³/mol. The van der Waals surface area contributed by atoms with E-state index in [0.717, 1.165) is 22.7 Å². The van der Waals surface area contributed by atoms with Gasteiger partial charge < -0.3 is 10.6 Å². The maximum atomic E-state index is 5.56. The summed E-state index contributed by atoms with van der Waals surface area (Å²) in [5, 5.41) is 4.12. The number of aromatic nitrogens is 6. The van der Waals surface area contributed by atoms with Gasteiger partial charge in [-0.1, -0.05) is 19.3 Å². The lowest BCUT2D eigenvalue weighted by molar-refractivity contribution is 0.229. The van der Waals surface area contributed by atoms with Crippen molar-refractivity contribution < 1.29 is 0 Å². The van der Waals surface area contributed by atoms with E-state index in [1.54, 1.807) is 23.1 Å². The Morgan fingerprint density at radius 2 is 1.86 bits per heavy atom. The van der Waals surface area contributed by atoms with Crippen molar-refractivity contribution in [3.8, 4) is 11.1 Å². The van der Waals surface area contributed by atoms with E-state index in [1.165, 1.54) is 32.1 Å². The van der Waals surface area contributed by atoms with Crippen LogP contribution in [0, 0.1) is 0 Å².